The van der Waals surface area contributed by atoms with E-state index in [0.717, 1.165) is 18.5 Å². The molecule has 9 nitrogen and oxygen atoms in total. The molecule has 0 aliphatic carbocycles. The smallest absolute Gasteiger partial charge is 0.294 e. The Labute approximate surface area is 172 Å². The topological polar surface area (TPSA) is 110 Å². The van der Waals surface area contributed by atoms with Crippen LogP contribution in [0.1, 0.15) is 29.6 Å². The summed E-state index contributed by atoms with van der Waals surface area (Å²) in [6, 6.07) is 11.3. The van der Waals surface area contributed by atoms with Gasteiger partial charge < -0.3 is 14.8 Å². The van der Waals surface area contributed by atoms with Crippen LogP contribution in [-0.4, -0.2) is 32.8 Å². The van der Waals surface area contributed by atoms with Gasteiger partial charge in [-0.25, -0.2) is 4.98 Å². The SMILES string of the molecule is O=C(Nc1cccc(N2CCCCC2=O)c1)c1ccc(-n2ccnc2)c([N+](=O)[O-])c1. The van der Waals surface area contributed by atoms with E-state index in [1.54, 1.807) is 29.3 Å². The quantitative estimate of drug-likeness (QED) is 0.516. The number of hydrogen-bond donors (Lipinski definition) is 1. The maximum absolute atomic E-state index is 12.7. The zero-order chi connectivity index (χ0) is 21.1. The molecule has 1 aromatic heterocycles. The molecule has 0 atom stereocenters. The summed E-state index contributed by atoms with van der Waals surface area (Å²) in [6.45, 7) is 0.651. The predicted molar refractivity (Wildman–Crippen MR) is 111 cm³/mol. The van der Waals surface area contributed by atoms with Crippen molar-refractivity contribution >= 4 is 28.9 Å². The maximum Gasteiger partial charge on any atom is 0.294 e. The molecule has 2 aromatic carbocycles. The van der Waals surface area contributed by atoms with Gasteiger partial charge in [-0.2, -0.15) is 0 Å². The number of nitrogens with one attached hydrogen (secondary N) is 1. The average molecular weight is 405 g/mol. The lowest BCUT2D eigenvalue weighted by molar-refractivity contribution is -0.384. The van der Waals surface area contributed by atoms with E-state index in [9.17, 15) is 19.7 Å². The van der Waals surface area contributed by atoms with Crippen LogP contribution in [-0.2, 0) is 4.79 Å². The second kappa shape index (κ2) is 8.16. The van der Waals surface area contributed by atoms with E-state index in [0.29, 0.717) is 24.3 Å². The number of carbonyl (C=O) groups is 2. The van der Waals surface area contributed by atoms with Crippen LogP contribution < -0.4 is 10.2 Å². The van der Waals surface area contributed by atoms with Crippen molar-refractivity contribution in [1.82, 2.24) is 9.55 Å². The monoisotopic (exact) mass is 405 g/mol. The Morgan fingerprint density at radius 1 is 1.17 bits per heavy atom. The van der Waals surface area contributed by atoms with Crippen LogP contribution in [0.25, 0.3) is 5.69 Å². The molecule has 1 aliphatic heterocycles. The molecule has 0 saturated carbocycles. The fourth-order valence-corrected chi connectivity index (χ4v) is 3.46. The number of hydrogen-bond acceptors (Lipinski definition) is 5. The third kappa shape index (κ3) is 3.90. The number of piperidine rings is 1. The summed E-state index contributed by atoms with van der Waals surface area (Å²) >= 11 is 0. The van der Waals surface area contributed by atoms with Gasteiger partial charge in [0, 0.05) is 48.4 Å². The second-order valence-electron chi connectivity index (χ2n) is 6.94. The summed E-state index contributed by atoms with van der Waals surface area (Å²) in [5, 5.41) is 14.3. The highest BCUT2D eigenvalue weighted by Crippen LogP contribution is 2.26. The van der Waals surface area contributed by atoms with Gasteiger partial charge in [0.2, 0.25) is 5.91 Å². The van der Waals surface area contributed by atoms with Crippen molar-refractivity contribution in [3.05, 3.63) is 76.9 Å². The summed E-state index contributed by atoms with van der Waals surface area (Å²) in [6.07, 6.45) is 6.91. The minimum absolute atomic E-state index is 0.0652. The summed E-state index contributed by atoms with van der Waals surface area (Å²) in [5.74, 6) is -0.409. The molecule has 4 rings (SSSR count). The van der Waals surface area contributed by atoms with Crippen molar-refractivity contribution in [2.45, 2.75) is 19.3 Å². The van der Waals surface area contributed by atoms with Crippen LogP contribution in [0.3, 0.4) is 0 Å². The molecule has 0 radical (unpaired) electrons. The van der Waals surface area contributed by atoms with Crippen LogP contribution in [0.2, 0.25) is 0 Å². The second-order valence-corrected chi connectivity index (χ2v) is 6.94. The van der Waals surface area contributed by atoms with Crippen molar-refractivity contribution < 1.29 is 14.5 Å². The highest BCUT2D eigenvalue weighted by Gasteiger charge is 2.21. The van der Waals surface area contributed by atoms with Crippen LogP contribution in [0.15, 0.2) is 61.2 Å². The molecule has 1 fully saturated rings. The zero-order valence-electron chi connectivity index (χ0n) is 16.0. The number of aromatic nitrogens is 2. The summed E-state index contributed by atoms with van der Waals surface area (Å²) in [7, 11) is 0. The van der Waals surface area contributed by atoms with Crippen LogP contribution in [0, 0.1) is 10.1 Å². The molecule has 1 N–H and O–H groups in total. The van der Waals surface area contributed by atoms with E-state index in [4.69, 9.17) is 0 Å². The fraction of sp³-hybridized carbons (Fsp3) is 0.190. The van der Waals surface area contributed by atoms with E-state index in [2.05, 4.69) is 10.3 Å². The molecule has 9 heteroatoms. The highest BCUT2D eigenvalue weighted by molar-refractivity contribution is 6.05. The molecule has 0 unspecified atom stereocenters. The molecule has 0 spiro atoms. The number of rotatable bonds is 5. The molecule has 30 heavy (non-hydrogen) atoms. The zero-order valence-corrected chi connectivity index (χ0v) is 16.0. The van der Waals surface area contributed by atoms with Gasteiger partial charge in [0.05, 0.1) is 11.3 Å². The Morgan fingerprint density at radius 2 is 2.03 bits per heavy atom. The molecule has 1 aliphatic rings. The van der Waals surface area contributed by atoms with Gasteiger partial charge >= 0.3 is 0 Å². The molecule has 2 heterocycles. The number of carbonyl (C=O) groups excluding carboxylic acids is 2. The number of benzene rings is 2. The third-order valence-electron chi connectivity index (χ3n) is 4.96. The molecule has 3 aromatic rings. The van der Waals surface area contributed by atoms with E-state index in [1.165, 1.54) is 35.3 Å². The fourth-order valence-electron chi connectivity index (χ4n) is 3.46. The van der Waals surface area contributed by atoms with Gasteiger partial charge in [0.15, 0.2) is 0 Å². The van der Waals surface area contributed by atoms with Crippen LogP contribution >= 0.6 is 0 Å². The van der Waals surface area contributed by atoms with Crippen molar-refractivity contribution in [3.8, 4) is 5.69 Å². The minimum Gasteiger partial charge on any atom is -0.322 e. The molecule has 152 valence electrons. The normalized spacial score (nSPS) is 13.9. The first-order valence-electron chi connectivity index (χ1n) is 9.51. The first kappa shape index (κ1) is 19.3. The van der Waals surface area contributed by atoms with Crippen LogP contribution in [0.4, 0.5) is 17.1 Å². The molecule has 2 amide bonds. The standard InChI is InChI=1S/C21H19N5O4/c27-20-6-1-2-10-25(20)17-5-3-4-16(13-17)23-21(28)15-7-8-18(19(12-15)26(29)30)24-11-9-22-14-24/h3-5,7-9,11-14H,1-2,6,10H2,(H,23,28). The third-order valence-corrected chi connectivity index (χ3v) is 4.96. The minimum atomic E-state index is -0.533. The number of anilines is 2. The van der Waals surface area contributed by atoms with Crippen molar-refractivity contribution in [1.29, 1.82) is 0 Å². The number of nitro groups is 1. The Hall–Kier alpha value is -4.01. The van der Waals surface area contributed by atoms with E-state index in [-0.39, 0.29) is 17.2 Å². The lowest BCUT2D eigenvalue weighted by Gasteiger charge is -2.27. The Morgan fingerprint density at radius 3 is 2.77 bits per heavy atom. The van der Waals surface area contributed by atoms with Crippen molar-refractivity contribution in [3.63, 3.8) is 0 Å². The lowest BCUT2D eigenvalue weighted by Crippen LogP contribution is -2.35. The largest absolute Gasteiger partial charge is 0.322 e. The first-order chi connectivity index (χ1) is 14.5. The Bertz CT molecular complexity index is 1110. The first-order valence-corrected chi connectivity index (χ1v) is 9.51. The van der Waals surface area contributed by atoms with E-state index in [1.807, 2.05) is 6.07 Å². The van der Waals surface area contributed by atoms with Gasteiger partial charge in [-0.3, -0.25) is 19.7 Å². The molecular formula is C21H19N5O4. The molecule has 0 bridgehead atoms. The number of nitrogens with zero attached hydrogens (tertiary/aromatic N) is 4. The Kier molecular flexibility index (Phi) is 5.25. The summed E-state index contributed by atoms with van der Waals surface area (Å²) in [4.78, 5) is 41.4. The van der Waals surface area contributed by atoms with Gasteiger partial charge in [-0.05, 0) is 43.2 Å². The van der Waals surface area contributed by atoms with Crippen LogP contribution in [0.5, 0.6) is 0 Å². The van der Waals surface area contributed by atoms with Gasteiger partial charge in [-0.1, -0.05) is 6.07 Å². The van der Waals surface area contributed by atoms with Gasteiger partial charge in [0.25, 0.3) is 11.6 Å². The average Bonchev–Trinajstić information content (AvgIpc) is 3.28. The number of amides is 2. The highest BCUT2D eigenvalue weighted by atomic mass is 16.6. The summed E-state index contributed by atoms with van der Waals surface area (Å²) in [5.41, 5.74) is 1.51. The number of nitro benzene ring substituents is 1. The van der Waals surface area contributed by atoms with E-state index < -0.39 is 10.8 Å². The van der Waals surface area contributed by atoms with Crippen molar-refractivity contribution in [2.24, 2.45) is 0 Å². The molecular weight excluding hydrogens is 386 g/mol. The van der Waals surface area contributed by atoms with Crippen molar-refractivity contribution in [2.75, 3.05) is 16.8 Å². The van der Waals surface area contributed by atoms with Gasteiger partial charge in [-0.15, -0.1) is 0 Å². The Balaban J connectivity index is 1.57. The summed E-state index contributed by atoms with van der Waals surface area (Å²) < 4.78 is 1.51. The maximum atomic E-state index is 12.7. The van der Waals surface area contributed by atoms with Gasteiger partial charge in [0.1, 0.15) is 5.69 Å². The van der Waals surface area contributed by atoms with E-state index >= 15 is 0 Å². The lowest BCUT2D eigenvalue weighted by atomic mass is 10.1. The molecule has 1 saturated heterocycles. The number of imidazole rings is 1. The predicted octanol–water partition coefficient (Wildman–Crippen LogP) is 3.55.